The molecule has 0 aliphatic carbocycles. The second-order valence-electron chi connectivity index (χ2n) is 4.62. The van der Waals surface area contributed by atoms with Gasteiger partial charge in [0.05, 0.1) is 6.04 Å². The lowest BCUT2D eigenvalue weighted by Gasteiger charge is -2.18. The number of H-pyrrole nitrogens is 1. The minimum atomic E-state index is 0.101. The van der Waals surface area contributed by atoms with Crippen LogP contribution in [0, 0.1) is 6.92 Å². The van der Waals surface area contributed by atoms with Crippen LogP contribution in [-0.4, -0.2) is 16.2 Å². The minimum absolute atomic E-state index is 0.101. The van der Waals surface area contributed by atoms with E-state index in [9.17, 15) is 0 Å². The van der Waals surface area contributed by atoms with Gasteiger partial charge in [-0.1, -0.05) is 43.5 Å². The van der Waals surface area contributed by atoms with Crippen molar-refractivity contribution in [2.24, 2.45) is 0 Å². The Kier molecular flexibility index (Phi) is 3.85. The Hall–Kier alpha value is -2.29. The largest absolute Gasteiger partial charge is 0.362 e. The van der Waals surface area contributed by atoms with Crippen molar-refractivity contribution in [3.05, 3.63) is 60.3 Å². The Bertz CT molecular complexity index is 596. The normalized spacial score (nSPS) is 11.9. The van der Waals surface area contributed by atoms with Gasteiger partial charge in [-0.05, 0) is 30.5 Å². The van der Waals surface area contributed by atoms with Gasteiger partial charge < -0.3 is 5.32 Å². The van der Waals surface area contributed by atoms with Crippen LogP contribution in [0.15, 0.2) is 43.5 Å². The lowest BCUT2D eigenvalue weighted by Crippen LogP contribution is -2.17. The molecule has 0 saturated heterocycles. The van der Waals surface area contributed by atoms with Gasteiger partial charge in [0, 0.05) is 11.8 Å². The first-order valence-corrected chi connectivity index (χ1v) is 6.31. The van der Waals surface area contributed by atoms with E-state index in [0.717, 1.165) is 28.2 Å². The van der Waals surface area contributed by atoms with Gasteiger partial charge >= 0.3 is 0 Å². The SMILES string of the molecule is C=Cc1ccccc1C(=C)C(C)Nc1cc(C)[nH]n1. The van der Waals surface area contributed by atoms with Crippen molar-refractivity contribution in [3.8, 4) is 0 Å². The fraction of sp³-hybridized carbons (Fsp3) is 0.188. The average molecular weight is 253 g/mol. The monoisotopic (exact) mass is 253 g/mol. The maximum atomic E-state index is 4.19. The predicted molar refractivity (Wildman–Crippen MR) is 82.0 cm³/mol. The fourth-order valence-corrected chi connectivity index (χ4v) is 2.00. The highest BCUT2D eigenvalue weighted by molar-refractivity contribution is 5.76. The van der Waals surface area contributed by atoms with Crippen LogP contribution < -0.4 is 5.32 Å². The lowest BCUT2D eigenvalue weighted by atomic mass is 9.96. The molecule has 0 saturated carbocycles. The van der Waals surface area contributed by atoms with Crippen molar-refractivity contribution in [2.75, 3.05) is 5.32 Å². The molecular formula is C16H19N3. The smallest absolute Gasteiger partial charge is 0.148 e. The van der Waals surface area contributed by atoms with Crippen molar-refractivity contribution in [1.82, 2.24) is 10.2 Å². The van der Waals surface area contributed by atoms with E-state index in [0.29, 0.717) is 0 Å². The Morgan fingerprint density at radius 1 is 1.42 bits per heavy atom. The van der Waals surface area contributed by atoms with Crippen LogP contribution in [0.3, 0.4) is 0 Å². The quantitative estimate of drug-likeness (QED) is 0.849. The topological polar surface area (TPSA) is 40.7 Å². The van der Waals surface area contributed by atoms with Crippen molar-refractivity contribution in [2.45, 2.75) is 19.9 Å². The molecule has 19 heavy (non-hydrogen) atoms. The first-order chi connectivity index (χ1) is 9.11. The van der Waals surface area contributed by atoms with E-state index in [1.165, 1.54) is 0 Å². The second-order valence-corrected chi connectivity index (χ2v) is 4.62. The molecule has 0 spiro atoms. The molecular weight excluding hydrogens is 234 g/mol. The molecule has 1 unspecified atom stereocenters. The van der Waals surface area contributed by atoms with Crippen molar-refractivity contribution in [1.29, 1.82) is 0 Å². The maximum Gasteiger partial charge on any atom is 0.148 e. The van der Waals surface area contributed by atoms with E-state index in [1.807, 2.05) is 37.3 Å². The maximum absolute atomic E-state index is 4.19. The number of hydrogen-bond acceptors (Lipinski definition) is 2. The van der Waals surface area contributed by atoms with Crippen LogP contribution in [0.1, 0.15) is 23.7 Å². The molecule has 0 aliphatic heterocycles. The number of hydrogen-bond donors (Lipinski definition) is 2. The van der Waals surface area contributed by atoms with Gasteiger partial charge in [-0.15, -0.1) is 0 Å². The zero-order chi connectivity index (χ0) is 13.8. The molecule has 1 atom stereocenters. The average Bonchev–Trinajstić information content (AvgIpc) is 2.83. The highest BCUT2D eigenvalue weighted by atomic mass is 15.2. The third-order valence-corrected chi connectivity index (χ3v) is 3.12. The summed E-state index contributed by atoms with van der Waals surface area (Å²) < 4.78 is 0. The summed E-state index contributed by atoms with van der Waals surface area (Å²) in [7, 11) is 0. The molecule has 1 aromatic heterocycles. The van der Waals surface area contributed by atoms with Gasteiger partial charge in [0.2, 0.25) is 0 Å². The molecule has 3 heteroatoms. The lowest BCUT2D eigenvalue weighted by molar-refractivity contribution is 0.977. The standard InChI is InChI=1S/C16H19N3/c1-5-14-8-6-7-9-15(14)12(3)13(4)17-16-10-11(2)18-19-16/h5-10,13H,1,3H2,2,4H3,(H2,17,18,19). The Balaban J connectivity index is 2.17. The molecule has 98 valence electrons. The predicted octanol–water partition coefficient (Wildman–Crippen LogP) is 3.87. The van der Waals surface area contributed by atoms with Gasteiger partial charge in [0.1, 0.15) is 5.82 Å². The minimum Gasteiger partial charge on any atom is -0.362 e. The van der Waals surface area contributed by atoms with Crippen LogP contribution in [-0.2, 0) is 0 Å². The summed E-state index contributed by atoms with van der Waals surface area (Å²) in [5.41, 5.74) is 4.27. The summed E-state index contributed by atoms with van der Waals surface area (Å²) in [5.74, 6) is 0.835. The van der Waals surface area contributed by atoms with E-state index in [4.69, 9.17) is 0 Å². The van der Waals surface area contributed by atoms with Crippen LogP contribution in [0.2, 0.25) is 0 Å². The van der Waals surface area contributed by atoms with Crippen LogP contribution in [0.25, 0.3) is 11.6 Å². The van der Waals surface area contributed by atoms with Crippen molar-refractivity contribution >= 4 is 17.5 Å². The molecule has 2 rings (SSSR count). The number of aromatic amines is 1. The third kappa shape index (κ3) is 2.94. The highest BCUT2D eigenvalue weighted by Crippen LogP contribution is 2.23. The van der Waals surface area contributed by atoms with Gasteiger partial charge in [-0.25, -0.2) is 0 Å². The van der Waals surface area contributed by atoms with Gasteiger partial charge in [0.15, 0.2) is 0 Å². The fourth-order valence-electron chi connectivity index (χ4n) is 2.00. The molecule has 0 bridgehead atoms. The number of aromatic nitrogens is 2. The summed E-state index contributed by atoms with van der Waals surface area (Å²) in [6, 6.07) is 10.2. The zero-order valence-electron chi connectivity index (χ0n) is 11.4. The number of benzene rings is 1. The molecule has 0 fully saturated rings. The van der Waals surface area contributed by atoms with Gasteiger partial charge in [0.25, 0.3) is 0 Å². The molecule has 1 aromatic carbocycles. The van der Waals surface area contributed by atoms with Crippen molar-refractivity contribution < 1.29 is 0 Å². The summed E-state index contributed by atoms with van der Waals surface area (Å²) >= 11 is 0. The van der Waals surface area contributed by atoms with Crippen LogP contribution in [0.5, 0.6) is 0 Å². The summed E-state index contributed by atoms with van der Waals surface area (Å²) in [6.07, 6.45) is 1.85. The number of rotatable bonds is 5. The molecule has 1 heterocycles. The van der Waals surface area contributed by atoms with Crippen LogP contribution >= 0.6 is 0 Å². The van der Waals surface area contributed by atoms with E-state index >= 15 is 0 Å². The van der Waals surface area contributed by atoms with E-state index in [2.05, 4.69) is 41.7 Å². The number of nitrogens with zero attached hydrogens (tertiary/aromatic N) is 1. The Morgan fingerprint density at radius 2 is 2.16 bits per heavy atom. The van der Waals surface area contributed by atoms with E-state index < -0.39 is 0 Å². The number of anilines is 1. The zero-order valence-corrected chi connectivity index (χ0v) is 11.4. The molecule has 0 radical (unpaired) electrons. The first-order valence-electron chi connectivity index (χ1n) is 6.31. The molecule has 2 aromatic rings. The van der Waals surface area contributed by atoms with E-state index in [1.54, 1.807) is 0 Å². The molecule has 3 nitrogen and oxygen atoms in total. The van der Waals surface area contributed by atoms with Gasteiger partial charge in [-0.2, -0.15) is 5.10 Å². The summed E-state index contributed by atoms with van der Waals surface area (Å²) in [5, 5.41) is 10.4. The Labute approximate surface area is 114 Å². The second kappa shape index (κ2) is 5.57. The summed E-state index contributed by atoms with van der Waals surface area (Å²) in [6.45, 7) is 12.1. The molecule has 2 N–H and O–H groups in total. The molecule has 0 amide bonds. The number of nitrogens with one attached hydrogen (secondary N) is 2. The van der Waals surface area contributed by atoms with Crippen LogP contribution in [0.4, 0.5) is 5.82 Å². The van der Waals surface area contributed by atoms with E-state index in [-0.39, 0.29) is 6.04 Å². The van der Waals surface area contributed by atoms with Crippen molar-refractivity contribution in [3.63, 3.8) is 0 Å². The highest BCUT2D eigenvalue weighted by Gasteiger charge is 2.12. The van der Waals surface area contributed by atoms with Gasteiger partial charge in [-0.3, -0.25) is 5.10 Å². The third-order valence-electron chi connectivity index (χ3n) is 3.12. The molecule has 0 aliphatic rings. The Morgan fingerprint density at radius 3 is 2.79 bits per heavy atom. The number of aryl methyl sites for hydroxylation is 1. The summed E-state index contributed by atoms with van der Waals surface area (Å²) in [4.78, 5) is 0. The first kappa shape index (κ1) is 13.1.